The Labute approximate surface area is 125 Å². The molecule has 1 aromatic rings. The summed E-state index contributed by atoms with van der Waals surface area (Å²) in [6, 6.07) is 3.67. The number of benzene rings is 1. The Morgan fingerprint density at radius 3 is 2.60 bits per heavy atom. The van der Waals surface area contributed by atoms with Gasteiger partial charge in [0.25, 0.3) is 0 Å². The third kappa shape index (κ3) is 4.57. The lowest BCUT2D eigenvalue weighted by Crippen LogP contribution is -2.46. The van der Waals surface area contributed by atoms with Gasteiger partial charge in [-0.2, -0.15) is 0 Å². The van der Waals surface area contributed by atoms with Gasteiger partial charge >= 0.3 is 0 Å². The number of nitrogens with two attached hydrogens (primary N) is 1. The second kappa shape index (κ2) is 7.35. The van der Waals surface area contributed by atoms with Gasteiger partial charge in [-0.1, -0.05) is 19.9 Å². The second-order valence-corrected chi connectivity index (χ2v) is 5.49. The summed E-state index contributed by atoms with van der Waals surface area (Å²) in [6.07, 6.45) is 0. The van der Waals surface area contributed by atoms with E-state index in [9.17, 15) is 14.0 Å². The van der Waals surface area contributed by atoms with E-state index in [1.54, 1.807) is 19.9 Å². The van der Waals surface area contributed by atoms with E-state index in [1.807, 2.05) is 0 Å². The van der Waals surface area contributed by atoms with E-state index in [1.165, 1.54) is 12.1 Å². The zero-order valence-electron chi connectivity index (χ0n) is 11.2. The molecule has 1 aromatic carbocycles. The zero-order chi connectivity index (χ0) is 15.3. The zero-order valence-corrected chi connectivity index (χ0v) is 12.8. The van der Waals surface area contributed by atoms with Gasteiger partial charge in [-0.15, -0.1) is 0 Å². The SMILES string of the molecule is CC(C)[C@H](N)C(=O)NCC(=O)Nc1c(F)cccc1Br. The minimum atomic E-state index is -0.678. The van der Waals surface area contributed by atoms with Crippen LogP contribution in [-0.2, 0) is 9.59 Å². The lowest BCUT2D eigenvalue weighted by molar-refractivity contribution is -0.125. The van der Waals surface area contributed by atoms with Crippen molar-refractivity contribution in [3.05, 3.63) is 28.5 Å². The quantitative estimate of drug-likeness (QED) is 0.758. The molecule has 1 atom stereocenters. The van der Waals surface area contributed by atoms with E-state index in [2.05, 4.69) is 26.6 Å². The number of para-hydroxylation sites is 1. The molecule has 0 spiro atoms. The fraction of sp³-hybridized carbons (Fsp3) is 0.385. The highest BCUT2D eigenvalue weighted by molar-refractivity contribution is 9.10. The molecule has 0 bridgehead atoms. The summed E-state index contributed by atoms with van der Waals surface area (Å²) in [5.41, 5.74) is 5.68. The molecule has 0 aliphatic rings. The van der Waals surface area contributed by atoms with Crippen LogP contribution in [0.1, 0.15) is 13.8 Å². The molecule has 20 heavy (non-hydrogen) atoms. The summed E-state index contributed by atoms with van der Waals surface area (Å²) in [4.78, 5) is 23.2. The van der Waals surface area contributed by atoms with Crippen LogP contribution in [-0.4, -0.2) is 24.4 Å². The highest BCUT2D eigenvalue weighted by Crippen LogP contribution is 2.24. The first kappa shape index (κ1) is 16.6. The van der Waals surface area contributed by atoms with Crippen molar-refractivity contribution in [1.82, 2.24) is 5.32 Å². The number of nitrogens with one attached hydrogen (secondary N) is 2. The van der Waals surface area contributed by atoms with Crippen molar-refractivity contribution < 1.29 is 14.0 Å². The minimum absolute atomic E-state index is 0.0289. The van der Waals surface area contributed by atoms with Crippen LogP contribution in [0, 0.1) is 11.7 Å². The first-order valence-corrected chi connectivity index (χ1v) is 6.89. The first-order chi connectivity index (χ1) is 9.32. The molecule has 0 heterocycles. The predicted molar refractivity (Wildman–Crippen MR) is 78.6 cm³/mol. The van der Waals surface area contributed by atoms with Crippen molar-refractivity contribution in [3.8, 4) is 0 Å². The molecule has 110 valence electrons. The number of halogens is 2. The van der Waals surface area contributed by atoms with E-state index >= 15 is 0 Å². The highest BCUT2D eigenvalue weighted by atomic mass is 79.9. The third-order valence-electron chi connectivity index (χ3n) is 2.67. The molecule has 5 nitrogen and oxygen atoms in total. The van der Waals surface area contributed by atoms with E-state index in [0.717, 1.165) is 0 Å². The van der Waals surface area contributed by atoms with E-state index in [4.69, 9.17) is 5.73 Å². The van der Waals surface area contributed by atoms with E-state index in [-0.39, 0.29) is 18.2 Å². The van der Waals surface area contributed by atoms with Crippen molar-refractivity contribution in [2.45, 2.75) is 19.9 Å². The summed E-state index contributed by atoms with van der Waals surface area (Å²) in [7, 11) is 0. The molecular formula is C13H17BrFN3O2. The summed E-state index contributed by atoms with van der Waals surface area (Å²) in [6.45, 7) is 3.35. The van der Waals surface area contributed by atoms with Gasteiger partial charge in [-0.05, 0) is 34.0 Å². The number of carbonyl (C=O) groups is 2. The van der Waals surface area contributed by atoms with Crippen LogP contribution < -0.4 is 16.4 Å². The first-order valence-electron chi connectivity index (χ1n) is 6.10. The molecule has 4 N–H and O–H groups in total. The lowest BCUT2D eigenvalue weighted by atomic mass is 10.1. The molecule has 7 heteroatoms. The lowest BCUT2D eigenvalue weighted by Gasteiger charge is -2.15. The largest absolute Gasteiger partial charge is 0.346 e. The average molecular weight is 346 g/mol. The molecule has 0 aliphatic carbocycles. The molecule has 1 rings (SSSR count). The summed E-state index contributed by atoms with van der Waals surface area (Å²) in [5.74, 6) is -1.53. The fourth-order valence-electron chi connectivity index (χ4n) is 1.39. The Morgan fingerprint density at radius 2 is 2.05 bits per heavy atom. The van der Waals surface area contributed by atoms with Gasteiger partial charge in [-0.25, -0.2) is 4.39 Å². The predicted octanol–water partition coefficient (Wildman–Crippen LogP) is 1.63. The van der Waals surface area contributed by atoms with E-state index in [0.29, 0.717) is 4.47 Å². The number of amides is 2. The number of rotatable bonds is 5. The molecule has 0 saturated heterocycles. The molecule has 0 radical (unpaired) electrons. The van der Waals surface area contributed by atoms with Crippen LogP contribution in [0.3, 0.4) is 0 Å². The van der Waals surface area contributed by atoms with Crippen LogP contribution >= 0.6 is 15.9 Å². The summed E-state index contributed by atoms with van der Waals surface area (Å²) >= 11 is 3.14. The molecule has 0 unspecified atom stereocenters. The average Bonchev–Trinajstić information content (AvgIpc) is 2.39. The molecule has 0 aliphatic heterocycles. The fourth-order valence-corrected chi connectivity index (χ4v) is 1.83. The summed E-state index contributed by atoms with van der Waals surface area (Å²) < 4.78 is 13.9. The number of hydrogen-bond donors (Lipinski definition) is 3. The normalized spacial score (nSPS) is 12.1. The Bertz CT molecular complexity index is 488. The Morgan fingerprint density at radius 1 is 1.40 bits per heavy atom. The van der Waals surface area contributed by atoms with Crippen molar-refractivity contribution in [1.29, 1.82) is 0 Å². The van der Waals surface area contributed by atoms with Gasteiger partial charge in [0, 0.05) is 4.47 Å². The Hall–Kier alpha value is -1.47. The maximum atomic E-state index is 13.5. The van der Waals surface area contributed by atoms with Gasteiger partial charge in [0.1, 0.15) is 5.82 Å². The topological polar surface area (TPSA) is 84.2 Å². The van der Waals surface area contributed by atoms with Crippen molar-refractivity contribution in [2.75, 3.05) is 11.9 Å². The van der Waals surface area contributed by atoms with Gasteiger partial charge < -0.3 is 16.4 Å². The van der Waals surface area contributed by atoms with Crippen LogP contribution in [0.4, 0.5) is 10.1 Å². The van der Waals surface area contributed by atoms with Crippen LogP contribution in [0.2, 0.25) is 0 Å². The second-order valence-electron chi connectivity index (χ2n) is 4.63. The molecule has 0 fully saturated rings. The van der Waals surface area contributed by atoms with Crippen LogP contribution in [0.25, 0.3) is 0 Å². The van der Waals surface area contributed by atoms with Gasteiger partial charge in [-0.3, -0.25) is 9.59 Å². The Kier molecular flexibility index (Phi) is 6.09. The standard InChI is InChI=1S/C13H17BrFN3O2/c1-7(2)11(16)13(20)17-6-10(19)18-12-8(14)4-3-5-9(12)15/h3-5,7,11H,6,16H2,1-2H3,(H,17,20)(H,18,19)/t11-/m0/s1. The number of anilines is 1. The van der Waals surface area contributed by atoms with Crippen LogP contribution in [0.5, 0.6) is 0 Å². The van der Waals surface area contributed by atoms with Crippen molar-refractivity contribution in [2.24, 2.45) is 11.7 Å². The molecule has 0 aromatic heterocycles. The Balaban J connectivity index is 2.55. The van der Waals surface area contributed by atoms with Crippen LogP contribution in [0.15, 0.2) is 22.7 Å². The van der Waals surface area contributed by atoms with Crippen molar-refractivity contribution >= 4 is 33.4 Å². The number of carbonyl (C=O) groups excluding carboxylic acids is 2. The molecular weight excluding hydrogens is 329 g/mol. The van der Waals surface area contributed by atoms with Gasteiger partial charge in [0.15, 0.2) is 0 Å². The highest BCUT2D eigenvalue weighted by Gasteiger charge is 2.18. The van der Waals surface area contributed by atoms with Gasteiger partial charge in [0.2, 0.25) is 11.8 Å². The molecule has 0 saturated carbocycles. The van der Waals surface area contributed by atoms with Gasteiger partial charge in [0.05, 0.1) is 18.3 Å². The maximum absolute atomic E-state index is 13.5. The minimum Gasteiger partial charge on any atom is -0.346 e. The monoisotopic (exact) mass is 345 g/mol. The summed E-state index contributed by atoms with van der Waals surface area (Å²) in [5, 5.41) is 4.79. The van der Waals surface area contributed by atoms with Crippen molar-refractivity contribution in [3.63, 3.8) is 0 Å². The maximum Gasteiger partial charge on any atom is 0.243 e. The molecule has 2 amide bonds. The smallest absolute Gasteiger partial charge is 0.243 e. The number of hydrogen-bond acceptors (Lipinski definition) is 3. The van der Waals surface area contributed by atoms with E-state index < -0.39 is 23.7 Å². The third-order valence-corrected chi connectivity index (χ3v) is 3.33.